The van der Waals surface area contributed by atoms with Crippen LogP contribution in [-0.4, -0.2) is 41.3 Å². The van der Waals surface area contributed by atoms with Crippen molar-refractivity contribution in [3.05, 3.63) is 29.5 Å². The summed E-state index contributed by atoms with van der Waals surface area (Å²) >= 11 is 0. The number of likely N-dealkylation sites (tertiary alicyclic amines) is 1. The number of aromatic nitrogens is 1. The number of nitrogens with one attached hydrogen (secondary N) is 1. The lowest BCUT2D eigenvalue weighted by Gasteiger charge is -2.30. The first-order valence-electron chi connectivity index (χ1n) is 9.25. The van der Waals surface area contributed by atoms with E-state index in [4.69, 9.17) is 5.73 Å². The molecule has 1 aliphatic carbocycles. The van der Waals surface area contributed by atoms with Gasteiger partial charge in [-0.2, -0.15) is 0 Å². The lowest BCUT2D eigenvalue weighted by Crippen LogP contribution is -2.48. The van der Waals surface area contributed by atoms with Gasteiger partial charge in [-0.1, -0.05) is 0 Å². The molecule has 1 saturated heterocycles. The molecule has 1 unspecified atom stereocenters. The summed E-state index contributed by atoms with van der Waals surface area (Å²) in [5.74, 6) is -0.268. The maximum absolute atomic E-state index is 12.6. The molecule has 1 aliphatic heterocycles. The number of rotatable bonds is 3. The zero-order valence-corrected chi connectivity index (χ0v) is 14.8. The van der Waals surface area contributed by atoms with Crippen LogP contribution in [0.25, 0.3) is 10.9 Å². The maximum atomic E-state index is 12.6. The van der Waals surface area contributed by atoms with Gasteiger partial charge in [0, 0.05) is 29.7 Å². The second-order valence-electron chi connectivity index (χ2n) is 7.40. The number of nitrogens with zero attached hydrogens (tertiary/aromatic N) is 1. The number of halogens is 3. The first-order valence-corrected chi connectivity index (χ1v) is 9.25. The van der Waals surface area contributed by atoms with Gasteiger partial charge in [-0.05, 0) is 61.8 Å². The van der Waals surface area contributed by atoms with Crippen molar-refractivity contribution in [1.29, 1.82) is 0 Å². The van der Waals surface area contributed by atoms with Crippen LogP contribution in [0.1, 0.15) is 30.5 Å². The van der Waals surface area contributed by atoms with Crippen molar-refractivity contribution in [2.45, 2.75) is 44.5 Å². The number of amides is 1. The SMILES string of the molecule is N[C@H](C(=O)N1CCCC1)C1CCc2[nH]c3ccc(OC(F)(F)F)cc3c2C1. The predicted molar refractivity (Wildman–Crippen MR) is 94.3 cm³/mol. The van der Waals surface area contributed by atoms with Crippen molar-refractivity contribution in [3.8, 4) is 5.75 Å². The van der Waals surface area contributed by atoms with Crippen LogP contribution in [0, 0.1) is 5.92 Å². The fourth-order valence-corrected chi connectivity index (χ4v) is 4.28. The summed E-state index contributed by atoms with van der Waals surface area (Å²) in [6, 6.07) is 3.74. The summed E-state index contributed by atoms with van der Waals surface area (Å²) in [7, 11) is 0. The third kappa shape index (κ3) is 3.63. The second-order valence-corrected chi connectivity index (χ2v) is 7.40. The van der Waals surface area contributed by atoms with Gasteiger partial charge in [0.25, 0.3) is 0 Å². The summed E-state index contributed by atoms with van der Waals surface area (Å²) in [6.45, 7) is 1.52. The Morgan fingerprint density at radius 1 is 1.30 bits per heavy atom. The molecule has 5 nitrogen and oxygen atoms in total. The van der Waals surface area contributed by atoms with Crippen LogP contribution in [0.15, 0.2) is 18.2 Å². The summed E-state index contributed by atoms with van der Waals surface area (Å²) in [4.78, 5) is 17.7. The van der Waals surface area contributed by atoms with E-state index in [9.17, 15) is 18.0 Å². The van der Waals surface area contributed by atoms with Gasteiger partial charge < -0.3 is 20.4 Å². The number of carbonyl (C=O) groups excluding carboxylic acids is 1. The van der Waals surface area contributed by atoms with E-state index in [2.05, 4.69) is 9.72 Å². The molecule has 1 aromatic carbocycles. The highest BCUT2D eigenvalue weighted by Crippen LogP contribution is 2.36. The minimum Gasteiger partial charge on any atom is -0.406 e. The average Bonchev–Trinajstić information content (AvgIpc) is 3.26. The Kier molecular flexibility index (Phi) is 4.53. The molecule has 3 N–H and O–H groups in total. The highest BCUT2D eigenvalue weighted by atomic mass is 19.4. The number of aryl methyl sites for hydroxylation is 1. The van der Waals surface area contributed by atoms with Crippen molar-refractivity contribution >= 4 is 16.8 Å². The topological polar surface area (TPSA) is 71.4 Å². The van der Waals surface area contributed by atoms with E-state index < -0.39 is 12.4 Å². The van der Waals surface area contributed by atoms with Crippen LogP contribution in [0.3, 0.4) is 0 Å². The van der Waals surface area contributed by atoms with Crippen molar-refractivity contribution in [2.75, 3.05) is 13.1 Å². The monoisotopic (exact) mass is 381 g/mol. The molecule has 0 radical (unpaired) electrons. The standard InChI is InChI=1S/C19H22F3N3O2/c20-19(21,22)27-12-4-6-16-14(10-12)13-9-11(3-5-15(13)24-16)17(23)18(26)25-7-1-2-8-25/h4,6,10-11,17,24H,1-3,5,7-9,23H2/t11?,17-/m0/s1. The Labute approximate surface area is 154 Å². The Balaban J connectivity index is 1.58. The Bertz CT molecular complexity index is 856. The predicted octanol–water partition coefficient (Wildman–Crippen LogP) is 3.12. The number of carbonyl (C=O) groups is 1. The molecule has 1 fully saturated rings. The molecule has 27 heavy (non-hydrogen) atoms. The molecule has 0 saturated carbocycles. The first-order chi connectivity index (χ1) is 12.8. The normalized spacial score (nSPS) is 21.3. The number of ether oxygens (including phenoxy) is 1. The van der Waals surface area contributed by atoms with Gasteiger partial charge in [0.1, 0.15) is 5.75 Å². The van der Waals surface area contributed by atoms with Crippen LogP contribution in [0.2, 0.25) is 0 Å². The van der Waals surface area contributed by atoms with Gasteiger partial charge in [-0.25, -0.2) is 0 Å². The number of benzene rings is 1. The fourth-order valence-electron chi connectivity index (χ4n) is 4.28. The number of alkyl halides is 3. The van der Waals surface area contributed by atoms with Crippen LogP contribution >= 0.6 is 0 Å². The maximum Gasteiger partial charge on any atom is 0.573 e. The molecule has 1 aromatic heterocycles. The molecule has 0 spiro atoms. The first kappa shape index (κ1) is 18.2. The van der Waals surface area contributed by atoms with E-state index in [0.29, 0.717) is 11.8 Å². The molecule has 1 amide bonds. The summed E-state index contributed by atoms with van der Waals surface area (Å²) < 4.78 is 41.6. The number of nitrogens with two attached hydrogens (primary N) is 1. The minimum atomic E-state index is -4.73. The molecule has 0 bridgehead atoms. The lowest BCUT2D eigenvalue weighted by molar-refractivity contribution is -0.274. The minimum absolute atomic E-state index is 0.0121. The van der Waals surface area contributed by atoms with Crippen LogP contribution < -0.4 is 10.5 Å². The molecule has 4 rings (SSSR count). The highest BCUT2D eigenvalue weighted by molar-refractivity contribution is 5.87. The van der Waals surface area contributed by atoms with Crippen molar-refractivity contribution < 1.29 is 22.7 Å². The molecule has 8 heteroatoms. The van der Waals surface area contributed by atoms with Crippen LogP contribution in [-0.2, 0) is 17.6 Å². The Morgan fingerprint density at radius 3 is 2.74 bits per heavy atom. The lowest BCUT2D eigenvalue weighted by atomic mass is 9.81. The summed E-state index contributed by atoms with van der Waals surface area (Å²) in [5.41, 5.74) is 9.00. The molecular formula is C19H22F3N3O2. The Hall–Kier alpha value is -2.22. The van der Waals surface area contributed by atoms with Gasteiger partial charge in [0.2, 0.25) is 5.91 Å². The molecule has 146 valence electrons. The fraction of sp³-hybridized carbons (Fsp3) is 0.526. The average molecular weight is 381 g/mol. The van der Waals surface area contributed by atoms with E-state index in [1.54, 1.807) is 6.07 Å². The summed E-state index contributed by atoms with van der Waals surface area (Å²) in [6.07, 6.45) is -0.615. The van der Waals surface area contributed by atoms with E-state index in [1.165, 1.54) is 12.1 Å². The number of H-pyrrole nitrogens is 1. The van der Waals surface area contributed by atoms with E-state index >= 15 is 0 Å². The molecular weight excluding hydrogens is 359 g/mol. The number of hydrogen-bond donors (Lipinski definition) is 2. The number of hydrogen-bond acceptors (Lipinski definition) is 3. The van der Waals surface area contributed by atoms with Crippen molar-refractivity contribution in [2.24, 2.45) is 11.7 Å². The van der Waals surface area contributed by atoms with Gasteiger partial charge in [-0.15, -0.1) is 13.2 Å². The second kappa shape index (κ2) is 6.74. The highest BCUT2D eigenvalue weighted by Gasteiger charge is 2.34. The van der Waals surface area contributed by atoms with Crippen LogP contribution in [0.4, 0.5) is 13.2 Å². The van der Waals surface area contributed by atoms with E-state index in [1.807, 2.05) is 4.90 Å². The van der Waals surface area contributed by atoms with Crippen molar-refractivity contribution in [3.63, 3.8) is 0 Å². The molecule has 2 aliphatic rings. The Morgan fingerprint density at radius 2 is 2.04 bits per heavy atom. The zero-order valence-electron chi connectivity index (χ0n) is 14.8. The quantitative estimate of drug-likeness (QED) is 0.858. The van der Waals surface area contributed by atoms with E-state index in [-0.39, 0.29) is 17.6 Å². The van der Waals surface area contributed by atoms with Gasteiger partial charge in [0.05, 0.1) is 6.04 Å². The zero-order chi connectivity index (χ0) is 19.2. The number of fused-ring (bicyclic) bond motifs is 3. The molecule has 2 aromatic rings. The van der Waals surface area contributed by atoms with E-state index in [0.717, 1.165) is 55.5 Å². The molecule has 2 atom stereocenters. The number of aromatic amines is 1. The van der Waals surface area contributed by atoms with Gasteiger partial charge in [-0.3, -0.25) is 4.79 Å². The van der Waals surface area contributed by atoms with Crippen molar-refractivity contribution in [1.82, 2.24) is 9.88 Å². The van der Waals surface area contributed by atoms with Gasteiger partial charge >= 0.3 is 6.36 Å². The van der Waals surface area contributed by atoms with Crippen LogP contribution in [0.5, 0.6) is 5.75 Å². The van der Waals surface area contributed by atoms with Gasteiger partial charge in [0.15, 0.2) is 0 Å². The summed E-state index contributed by atoms with van der Waals surface area (Å²) in [5, 5.41) is 0.706. The smallest absolute Gasteiger partial charge is 0.406 e. The largest absolute Gasteiger partial charge is 0.573 e. The third-order valence-electron chi connectivity index (χ3n) is 5.64. The molecule has 2 heterocycles. The third-order valence-corrected chi connectivity index (χ3v) is 5.64.